The summed E-state index contributed by atoms with van der Waals surface area (Å²) < 4.78 is 7.22. The van der Waals surface area contributed by atoms with Crippen LogP contribution in [0.15, 0.2) is 12.3 Å². The third-order valence-electron chi connectivity index (χ3n) is 4.75. The lowest BCUT2D eigenvalue weighted by Crippen LogP contribution is -2.45. The normalized spacial score (nSPS) is 20.8. The first-order valence-electron chi connectivity index (χ1n) is 8.84. The summed E-state index contributed by atoms with van der Waals surface area (Å²) >= 11 is 0. The zero-order valence-corrected chi connectivity index (χ0v) is 14.3. The van der Waals surface area contributed by atoms with E-state index in [9.17, 15) is 9.59 Å². The molecule has 0 radical (unpaired) electrons. The maximum absolute atomic E-state index is 12.6. The van der Waals surface area contributed by atoms with E-state index in [1.165, 1.54) is 0 Å². The van der Waals surface area contributed by atoms with Gasteiger partial charge in [-0.15, -0.1) is 0 Å². The van der Waals surface area contributed by atoms with Crippen LogP contribution in [0.25, 0.3) is 0 Å². The number of nitrogens with zero attached hydrogens (tertiary/aromatic N) is 4. The van der Waals surface area contributed by atoms with Crippen LogP contribution in [0.3, 0.4) is 0 Å². The molecular weight excluding hydrogens is 308 g/mol. The van der Waals surface area contributed by atoms with Crippen molar-refractivity contribution in [3.05, 3.63) is 18.0 Å². The van der Waals surface area contributed by atoms with Crippen molar-refractivity contribution in [3.63, 3.8) is 0 Å². The largest absolute Gasteiger partial charge is 0.378 e. The lowest BCUT2D eigenvalue weighted by Gasteiger charge is -2.35. The fourth-order valence-corrected chi connectivity index (χ4v) is 3.36. The number of aromatic nitrogens is 2. The van der Waals surface area contributed by atoms with E-state index in [1.54, 1.807) is 6.20 Å². The van der Waals surface area contributed by atoms with Gasteiger partial charge in [0.25, 0.3) is 0 Å². The number of carbonyl (C=O) groups is 2. The average Bonchev–Trinajstić information content (AvgIpc) is 3.09. The fraction of sp³-hybridized carbons (Fsp3) is 0.706. The van der Waals surface area contributed by atoms with Gasteiger partial charge in [0.15, 0.2) is 0 Å². The maximum Gasteiger partial charge on any atom is 0.224 e. The van der Waals surface area contributed by atoms with Gasteiger partial charge in [-0.25, -0.2) is 0 Å². The van der Waals surface area contributed by atoms with Gasteiger partial charge in [-0.3, -0.25) is 14.3 Å². The van der Waals surface area contributed by atoms with Gasteiger partial charge >= 0.3 is 0 Å². The van der Waals surface area contributed by atoms with E-state index >= 15 is 0 Å². The zero-order chi connectivity index (χ0) is 16.9. The highest BCUT2D eigenvalue weighted by Gasteiger charge is 2.31. The van der Waals surface area contributed by atoms with Crippen LogP contribution in [0, 0.1) is 0 Å². The Morgan fingerprint density at radius 3 is 2.79 bits per heavy atom. The molecule has 0 N–H and O–H groups in total. The number of fused-ring (bicyclic) bond motifs is 1. The average molecular weight is 334 g/mol. The van der Waals surface area contributed by atoms with Gasteiger partial charge in [0.05, 0.1) is 37.9 Å². The first-order chi connectivity index (χ1) is 11.7. The van der Waals surface area contributed by atoms with Crippen LogP contribution in [0.4, 0.5) is 0 Å². The summed E-state index contributed by atoms with van der Waals surface area (Å²) in [6.45, 7) is 5.74. The molecule has 24 heavy (non-hydrogen) atoms. The number of morpholine rings is 1. The molecule has 2 aliphatic rings. The van der Waals surface area contributed by atoms with Crippen LogP contribution in [-0.2, 0) is 20.9 Å². The van der Waals surface area contributed by atoms with Crippen LogP contribution in [0.1, 0.15) is 44.3 Å². The second-order valence-electron chi connectivity index (χ2n) is 6.50. The molecule has 3 heterocycles. The van der Waals surface area contributed by atoms with Gasteiger partial charge in [0.2, 0.25) is 11.8 Å². The van der Waals surface area contributed by atoms with Gasteiger partial charge in [-0.05, 0) is 12.5 Å². The quantitative estimate of drug-likeness (QED) is 0.812. The fourth-order valence-electron chi connectivity index (χ4n) is 3.36. The number of ether oxygens (including phenoxy) is 1. The van der Waals surface area contributed by atoms with Crippen molar-refractivity contribution in [2.24, 2.45) is 0 Å². The topological polar surface area (TPSA) is 67.7 Å². The number of carbonyl (C=O) groups excluding carboxylic acids is 2. The predicted molar refractivity (Wildman–Crippen MR) is 88.2 cm³/mol. The Balaban J connectivity index is 1.67. The minimum Gasteiger partial charge on any atom is -0.378 e. The van der Waals surface area contributed by atoms with Crippen molar-refractivity contribution in [1.82, 2.24) is 19.6 Å². The molecule has 0 unspecified atom stereocenters. The van der Waals surface area contributed by atoms with E-state index < -0.39 is 0 Å². The van der Waals surface area contributed by atoms with Crippen LogP contribution in [0.2, 0.25) is 0 Å². The summed E-state index contributed by atoms with van der Waals surface area (Å²) in [5.41, 5.74) is 1.01. The highest BCUT2D eigenvalue weighted by Crippen LogP contribution is 2.24. The van der Waals surface area contributed by atoms with Crippen molar-refractivity contribution in [1.29, 1.82) is 0 Å². The molecule has 3 rings (SSSR count). The van der Waals surface area contributed by atoms with Crippen molar-refractivity contribution in [3.8, 4) is 0 Å². The monoisotopic (exact) mass is 334 g/mol. The van der Waals surface area contributed by atoms with Crippen LogP contribution in [-0.4, -0.2) is 64.2 Å². The third kappa shape index (κ3) is 3.77. The molecule has 2 aliphatic heterocycles. The van der Waals surface area contributed by atoms with E-state index in [-0.39, 0.29) is 17.9 Å². The summed E-state index contributed by atoms with van der Waals surface area (Å²) in [7, 11) is 0. The summed E-state index contributed by atoms with van der Waals surface area (Å²) in [5, 5.41) is 4.38. The van der Waals surface area contributed by atoms with E-state index in [0.717, 1.165) is 18.5 Å². The highest BCUT2D eigenvalue weighted by atomic mass is 16.5. The zero-order valence-electron chi connectivity index (χ0n) is 14.3. The van der Waals surface area contributed by atoms with Crippen molar-refractivity contribution >= 4 is 11.8 Å². The minimum absolute atomic E-state index is 0.0790. The number of hydrogen-bond donors (Lipinski definition) is 0. The molecule has 132 valence electrons. The molecular formula is C17H26N4O3. The second kappa shape index (κ2) is 7.79. The predicted octanol–water partition coefficient (Wildman–Crippen LogP) is 1.21. The molecule has 0 aliphatic carbocycles. The Bertz CT molecular complexity index is 580. The summed E-state index contributed by atoms with van der Waals surface area (Å²) in [4.78, 5) is 28.7. The second-order valence-corrected chi connectivity index (χ2v) is 6.50. The highest BCUT2D eigenvalue weighted by molar-refractivity contribution is 5.78. The molecule has 7 heteroatoms. The first-order valence-corrected chi connectivity index (χ1v) is 8.84. The van der Waals surface area contributed by atoms with Gasteiger partial charge in [-0.2, -0.15) is 5.10 Å². The van der Waals surface area contributed by atoms with Gasteiger partial charge in [-0.1, -0.05) is 13.3 Å². The van der Waals surface area contributed by atoms with Crippen LogP contribution < -0.4 is 0 Å². The summed E-state index contributed by atoms with van der Waals surface area (Å²) in [5.74, 6) is 0.292. The minimum atomic E-state index is -0.0790. The Kier molecular flexibility index (Phi) is 5.50. The Morgan fingerprint density at radius 1 is 1.25 bits per heavy atom. The smallest absolute Gasteiger partial charge is 0.224 e. The lowest BCUT2D eigenvalue weighted by atomic mass is 10.1. The van der Waals surface area contributed by atoms with Gasteiger partial charge in [0, 0.05) is 32.3 Å². The van der Waals surface area contributed by atoms with E-state index in [0.29, 0.717) is 52.2 Å². The molecule has 1 aromatic heterocycles. The third-order valence-corrected chi connectivity index (χ3v) is 4.75. The molecule has 0 spiro atoms. The van der Waals surface area contributed by atoms with Gasteiger partial charge in [0.1, 0.15) is 0 Å². The van der Waals surface area contributed by atoms with Crippen molar-refractivity contribution in [2.45, 2.75) is 45.2 Å². The standard InChI is InChI=1S/C17H26N4O3/c1-2-3-4-16(22)20-12-14-5-6-18-21(14)15(13-20)11-17(23)19-7-9-24-10-8-19/h5-6,15H,2-4,7-13H2,1H3/t15-/m0/s1. The van der Waals surface area contributed by atoms with E-state index in [1.807, 2.05) is 20.5 Å². The molecule has 1 atom stereocenters. The molecule has 0 saturated carbocycles. The number of rotatable bonds is 5. The molecule has 1 saturated heterocycles. The maximum atomic E-state index is 12.6. The van der Waals surface area contributed by atoms with E-state index in [4.69, 9.17) is 4.74 Å². The number of hydrogen-bond acceptors (Lipinski definition) is 4. The van der Waals surface area contributed by atoms with Crippen molar-refractivity contribution in [2.75, 3.05) is 32.8 Å². The van der Waals surface area contributed by atoms with Gasteiger partial charge < -0.3 is 14.5 Å². The van der Waals surface area contributed by atoms with Crippen molar-refractivity contribution < 1.29 is 14.3 Å². The Morgan fingerprint density at radius 2 is 2.04 bits per heavy atom. The Hall–Kier alpha value is -1.89. The SMILES string of the molecule is CCCCC(=O)N1Cc2ccnn2[C@@H](CC(=O)N2CCOCC2)C1. The Labute approximate surface area is 142 Å². The molecule has 7 nitrogen and oxygen atoms in total. The summed E-state index contributed by atoms with van der Waals surface area (Å²) in [6.07, 6.45) is 4.63. The molecule has 0 bridgehead atoms. The first kappa shape index (κ1) is 17.0. The number of amides is 2. The lowest BCUT2D eigenvalue weighted by molar-refractivity contribution is -0.139. The molecule has 2 amide bonds. The molecule has 1 aromatic rings. The van der Waals surface area contributed by atoms with Crippen LogP contribution >= 0.6 is 0 Å². The number of unbranched alkanes of at least 4 members (excludes halogenated alkanes) is 1. The molecule has 0 aromatic carbocycles. The molecule has 1 fully saturated rings. The summed E-state index contributed by atoms with van der Waals surface area (Å²) in [6, 6.07) is 1.86. The van der Waals surface area contributed by atoms with E-state index in [2.05, 4.69) is 12.0 Å². The van der Waals surface area contributed by atoms with Crippen LogP contribution in [0.5, 0.6) is 0 Å².